The summed E-state index contributed by atoms with van der Waals surface area (Å²) < 4.78 is 11.1. The largest absolute Gasteiger partial charge is 0.490 e. The zero-order valence-corrected chi connectivity index (χ0v) is 14.8. The van der Waals surface area contributed by atoms with Crippen molar-refractivity contribution in [3.63, 3.8) is 0 Å². The molecule has 1 unspecified atom stereocenters. The van der Waals surface area contributed by atoms with Gasteiger partial charge in [0.05, 0.1) is 12.2 Å². The monoisotopic (exact) mass is 324 g/mol. The summed E-state index contributed by atoms with van der Waals surface area (Å²) in [7, 11) is 0. The van der Waals surface area contributed by atoms with Gasteiger partial charge in [0.1, 0.15) is 18.5 Å². The summed E-state index contributed by atoms with van der Waals surface area (Å²) in [6.07, 6.45) is 0.161. The molecule has 0 aromatic heterocycles. The van der Waals surface area contributed by atoms with E-state index in [1.807, 2.05) is 49.4 Å². The molecule has 0 spiro atoms. The van der Waals surface area contributed by atoms with Gasteiger partial charge in [-0.05, 0) is 36.1 Å². The van der Waals surface area contributed by atoms with Crippen LogP contribution in [-0.4, -0.2) is 25.1 Å². The van der Waals surface area contributed by atoms with E-state index in [1.165, 1.54) is 0 Å². The second-order valence-corrected chi connectivity index (χ2v) is 7.43. The maximum absolute atomic E-state index is 13.0. The summed E-state index contributed by atoms with van der Waals surface area (Å²) in [5, 5.41) is 0. The van der Waals surface area contributed by atoms with Crippen LogP contribution in [0.5, 0.6) is 5.75 Å². The topological polar surface area (TPSA) is 38.8 Å². The van der Waals surface area contributed by atoms with Crippen molar-refractivity contribution in [3.05, 3.63) is 64.7 Å². The number of aryl methyl sites for hydroxylation is 1. The van der Waals surface area contributed by atoms with Crippen LogP contribution in [0, 0.1) is 6.92 Å². The third-order valence-electron chi connectivity index (χ3n) is 4.20. The van der Waals surface area contributed by atoms with Crippen molar-refractivity contribution >= 4 is 5.78 Å². The molecule has 1 saturated heterocycles. The number of hydrogen-bond donors (Lipinski definition) is 0. The van der Waals surface area contributed by atoms with Gasteiger partial charge < -0.3 is 9.47 Å². The number of rotatable bonds is 5. The van der Waals surface area contributed by atoms with E-state index in [0.29, 0.717) is 23.5 Å². The zero-order chi connectivity index (χ0) is 17.3. The summed E-state index contributed by atoms with van der Waals surface area (Å²) >= 11 is 0. The molecule has 3 nitrogen and oxygen atoms in total. The van der Waals surface area contributed by atoms with Crippen molar-refractivity contribution < 1.29 is 14.3 Å². The SMILES string of the molecule is Cc1cccc(C(=O)c2cc(C(C)(C)C)ccc2OCC2CO2)c1. The highest BCUT2D eigenvalue weighted by Crippen LogP contribution is 2.30. The van der Waals surface area contributed by atoms with E-state index in [4.69, 9.17) is 9.47 Å². The van der Waals surface area contributed by atoms with Crippen LogP contribution in [0.25, 0.3) is 0 Å². The van der Waals surface area contributed by atoms with Crippen molar-refractivity contribution in [3.8, 4) is 5.75 Å². The molecule has 3 heteroatoms. The maximum Gasteiger partial charge on any atom is 0.196 e. The lowest BCUT2D eigenvalue weighted by Gasteiger charge is -2.21. The average Bonchev–Trinajstić information content (AvgIpc) is 3.35. The fraction of sp³-hybridized carbons (Fsp3) is 0.381. The van der Waals surface area contributed by atoms with Gasteiger partial charge in [0.25, 0.3) is 0 Å². The Hall–Kier alpha value is -2.13. The molecule has 24 heavy (non-hydrogen) atoms. The third kappa shape index (κ3) is 3.85. The Morgan fingerprint density at radius 1 is 1.21 bits per heavy atom. The van der Waals surface area contributed by atoms with E-state index in [-0.39, 0.29) is 17.3 Å². The fourth-order valence-corrected chi connectivity index (χ4v) is 2.59. The number of epoxide rings is 1. The molecular formula is C21H24O3. The quantitative estimate of drug-likeness (QED) is 0.608. The minimum Gasteiger partial charge on any atom is -0.490 e. The molecule has 0 bridgehead atoms. The smallest absolute Gasteiger partial charge is 0.196 e. The van der Waals surface area contributed by atoms with Crippen LogP contribution >= 0.6 is 0 Å². The van der Waals surface area contributed by atoms with E-state index in [0.717, 1.165) is 17.7 Å². The molecule has 0 radical (unpaired) electrons. The molecule has 0 N–H and O–H groups in total. The van der Waals surface area contributed by atoms with Crippen LogP contribution in [-0.2, 0) is 10.2 Å². The first-order valence-corrected chi connectivity index (χ1v) is 8.35. The fourth-order valence-electron chi connectivity index (χ4n) is 2.59. The summed E-state index contributed by atoms with van der Waals surface area (Å²) in [5.41, 5.74) is 3.47. The minimum atomic E-state index is -0.0280. The Morgan fingerprint density at radius 3 is 2.58 bits per heavy atom. The highest BCUT2D eigenvalue weighted by molar-refractivity contribution is 6.11. The Kier molecular flexibility index (Phi) is 4.46. The Labute approximate surface area is 143 Å². The first-order chi connectivity index (χ1) is 11.3. The van der Waals surface area contributed by atoms with E-state index in [2.05, 4.69) is 20.8 Å². The van der Waals surface area contributed by atoms with Crippen molar-refractivity contribution in [2.24, 2.45) is 0 Å². The third-order valence-corrected chi connectivity index (χ3v) is 4.20. The van der Waals surface area contributed by atoms with Gasteiger partial charge in [0.15, 0.2) is 5.78 Å². The molecule has 1 aliphatic heterocycles. The minimum absolute atomic E-state index is 0.00323. The van der Waals surface area contributed by atoms with Gasteiger partial charge in [0.2, 0.25) is 0 Å². The number of carbonyl (C=O) groups excluding carboxylic acids is 1. The van der Waals surface area contributed by atoms with Crippen molar-refractivity contribution in [1.29, 1.82) is 0 Å². The predicted octanol–water partition coefficient (Wildman–Crippen LogP) is 4.30. The lowest BCUT2D eigenvalue weighted by molar-refractivity contribution is 0.103. The van der Waals surface area contributed by atoms with Crippen LogP contribution in [0.3, 0.4) is 0 Å². The normalized spacial score (nSPS) is 16.8. The van der Waals surface area contributed by atoms with Crippen molar-refractivity contribution in [2.45, 2.75) is 39.2 Å². The second-order valence-electron chi connectivity index (χ2n) is 7.43. The standard InChI is InChI=1S/C21H24O3/c1-14-6-5-7-15(10-14)20(22)18-11-16(21(2,3)4)8-9-19(18)24-13-17-12-23-17/h5-11,17H,12-13H2,1-4H3. The van der Waals surface area contributed by atoms with Gasteiger partial charge in [-0.2, -0.15) is 0 Å². The van der Waals surface area contributed by atoms with Gasteiger partial charge in [-0.3, -0.25) is 4.79 Å². The van der Waals surface area contributed by atoms with Crippen molar-refractivity contribution in [2.75, 3.05) is 13.2 Å². The van der Waals surface area contributed by atoms with Gasteiger partial charge in [-0.1, -0.05) is 50.6 Å². The summed E-state index contributed by atoms with van der Waals surface area (Å²) in [4.78, 5) is 13.0. The molecular weight excluding hydrogens is 300 g/mol. The lowest BCUT2D eigenvalue weighted by atomic mass is 9.85. The Bertz CT molecular complexity index is 752. The van der Waals surface area contributed by atoms with Gasteiger partial charge in [-0.25, -0.2) is 0 Å². The molecule has 1 heterocycles. The molecule has 0 amide bonds. The summed E-state index contributed by atoms with van der Waals surface area (Å²) in [6.45, 7) is 9.64. The van der Waals surface area contributed by atoms with Gasteiger partial charge >= 0.3 is 0 Å². The predicted molar refractivity (Wildman–Crippen MR) is 95.0 cm³/mol. The van der Waals surface area contributed by atoms with Crippen LogP contribution in [0.4, 0.5) is 0 Å². The molecule has 1 atom stereocenters. The molecule has 1 aliphatic rings. The lowest BCUT2D eigenvalue weighted by Crippen LogP contribution is -2.15. The van der Waals surface area contributed by atoms with Crippen LogP contribution in [0.2, 0.25) is 0 Å². The van der Waals surface area contributed by atoms with Gasteiger partial charge in [-0.15, -0.1) is 0 Å². The second kappa shape index (κ2) is 6.40. The molecule has 0 aliphatic carbocycles. The van der Waals surface area contributed by atoms with Crippen LogP contribution < -0.4 is 4.74 Å². The van der Waals surface area contributed by atoms with Crippen molar-refractivity contribution in [1.82, 2.24) is 0 Å². The molecule has 126 valence electrons. The summed E-state index contributed by atoms with van der Waals surface area (Å²) in [6, 6.07) is 13.6. The maximum atomic E-state index is 13.0. The number of ketones is 1. The molecule has 2 aromatic rings. The molecule has 0 saturated carbocycles. The van der Waals surface area contributed by atoms with E-state index in [1.54, 1.807) is 0 Å². The van der Waals surface area contributed by atoms with Crippen LogP contribution in [0.1, 0.15) is 47.8 Å². The van der Waals surface area contributed by atoms with E-state index in [9.17, 15) is 4.79 Å². The molecule has 3 rings (SSSR count). The Balaban J connectivity index is 1.98. The molecule has 2 aromatic carbocycles. The first-order valence-electron chi connectivity index (χ1n) is 8.35. The van der Waals surface area contributed by atoms with Crippen LogP contribution in [0.15, 0.2) is 42.5 Å². The van der Waals surface area contributed by atoms with E-state index >= 15 is 0 Å². The molecule has 1 fully saturated rings. The average molecular weight is 324 g/mol. The zero-order valence-electron chi connectivity index (χ0n) is 14.8. The number of hydrogen-bond acceptors (Lipinski definition) is 3. The Morgan fingerprint density at radius 2 is 1.96 bits per heavy atom. The highest BCUT2D eigenvalue weighted by atomic mass is 16.6. The van der Waals surface area contributed by atoms with E-state index < -0.39 is 0 Å². The summed E-state index contributed by atoms with van der Waals surface area (Å²) in [5.74, 6) is 0.626. The number of ether oxygens (including phenoxy) is 2. The highest BCUT2D eigenvalue weighted by Gasteiger charge is 2.25. The number of benzene rings is 2. The number of carbonyl (C=O) groups is 1. The first kappa shape index (κ1) is 16.7. The van der Waals surface area contributed by atoms with Gasteiger partial charge in [0, 0.05) is 5.56 Å².